The van der Waals surface area contributed by atoms with Crippen LogP contribution in [-0.2, 0) is 0 Å². The van der Waals surface area contributed by atoms with Gasteiger partial charge in [-0.1, -0.05) is 0 Å². The normalized spacial score (nSPS) is 24.2. The number of hydrogen-bond donors (Lipinski definition) is 1. The van der Waals surface area contributed by atoms with Crippen molar-refractivity contribution >= 4 is 11.6 Å². The molecular weight excluding hydrogens is 284 g/mol. The van der Waals surface area contributed by atoms with Crippen molar-refractivity contribution in [3.8, 4) is 0 Å². The number of carbonyl (C=O) groups excluding carboxylic acids is 1. The third kappa shape index (κ3) is 2.25. The van der Waals surface area contributed by atoms with Crippen LogP contribution in [0.3, 0.4) is 0 Å². The van der Waals surface area contributed by atoms with Crippen molar-refractivity contribution in [1.82, 2.24) is 10.2 Å². The standard InChI is InChI=1S/C13H13F2N3O3/c14-9-1-2-10(18(20)21)12(15)11(9)13(19)17-5-7-3-16-4-8(7)6-17/h1-2,7-8,16H,3-6H2. The molecule has 0 aliphatic carbocycles. The Bertz CT molecular complexity index is 611. The van der Waals surface area contributed by atoms with E-state index in [0.29, 0.717) is 13.1 Å². The zero-order valence-electron chi connectivity index (χ0n) is 11.0. The average Bonchev–Trinajstić information content (AvgIpc) is 2.98. The Labute approximate surface area is 118 Å². The summed E-state index contributed by atoms with van der Waals surface area (Å²) >= 11 is 0. The second-order valence-corrected chi connectivity index (χ2v) is 5.40. The first-order valence-corrected chi connectivity index (χ1v) is 6.61. The minimum Gasteiger partial charge on any atom is -0.338 e. The summed E-state index contributed by atoms with van der Waals surface area (Å²) in [5, 5.41) is 13.9. The molecule has 21 heavy (non-hydrogen) atoms. The number of hydrogen-bond acceptors (Lipinski definition) is 4. The van der Waals surface area contributed by atoms with Gasteiger partial charge in [-0.3, -0.25) is 14.9 Å². The molecule has 2 aliphatic rings. The van der Waals surface area contributed by atoms with Crippen LogP contribution >= 0.6 is 0 Å². The van der Waals surface area contributed by atoms with Gasteiger partial charge in [0.2, 0.25) is 5.82 Å². The maximum Gasteiger partial charge on any atom is 0.305 e. The molecule has 0 radical (unpaired) electrons. The molecule has 1 aromatic carbocycles. The lowest BCUT2D eigenvalue weighted by Gasteiger charge is -2.18. The number of fused-ring (bicyclic) bond motifs is 1. The number of nitrogens with one attached hydrogen (secondary N) is 1. The van der Waals surface area contributed by atoms with E-state index in [1.54, 1.807) is 0 Å². The van der Waals surface area contributed by atoms with E-state index in [4.69, 9.17) is 0 Å². The highest BCUT2D eigenvalue weighted by molar-refractivity contribution is 5.95. The number of nitro benzene ring substituents is 1. The van der Waals surface area contributed by atoms with Crippen LogP contribution in [0.25, 0.3) is 0 Å². The maximum atomic E-state index is 14.0. The molecule has 0 aromatic heterocycles. The van der Waals surface area contributed by atoms with Crippen molar-refractivity contribution in [2.24, 2.45) is 11.8 Å². The number of nitrogens with zero attached hydrogens (tertiary/aromatic N) is 2. The molecule has 2 heterocycles. The zero-order valence-corrected chi connectivity index (χ0v) is 11.0. The van der Waals surface area contributed by atoms with E-state index in [-0.39, 0.29) is 11.8 Å². The SMILES string of the molecule is O=C(c1c(F)ccc([N+](=O)[O-])c1F)N1CC2CNCC2C1. The van der Waals surface area contributed by atoms with E-state index in [1.165, 1.54) is 4.90 Å². The van der Waals surface area contributed by atoms with Gasteiger partial charge in [0.05, 0.1) is 4.92 Å². The number of benzene rings is 1. The van der Waals surface area contributed by atoms with Crippen LogP contribution in [0.15, 0.2) is 12.1 Å². The first-order valence-electron chi connectivity index (χ1n) is 6.61. The van der Waals surface area contributed by atoms with Crippen molar-refractivity contribution in [3.05, 3.63) is 39.4 Å². The van der Waals surface area contributed by atoms with Crippen LogP contribution in [0.4, 0.5) is 14.5 Å². The summed E-state index contributed by atoms with van der Waals surface area (Å²) in [4.78, 5) is 23.4. The summed E-state index contributed by atoms with van der Waals surface area (Å²) < 4.78 is 27.8. The minimum atomic E-state index is -1.40. The number of halogens is 2. The Balaban J connectivity index is 1.91. The van der Waals surface area contributed by atoms with Gasteiger partial charge < -0.3 is 10.2 Å². The molecule has 6 nitrogen and oxygen atoms in total. The molecule has 8 heteroatoms. The monoisotopic (exact) mass is 297 g/mol. The second kappa shape index (κ2) is 5.03. The van der Waals surface area contributed by atoms with Gasteiger partial charge >= 0.3 is 5.69 Å². The third-order valence-electron chi connectivity index (χ3n) is 4.16. The minimum absolute atomic E-state index is 0.277. The van der Waals surface area contributed by atoms with Gasteiger partial charge in [0.15, 0.2) is 0 Å². The molecule has 0 bridgehead atoms. The molecular formula is C13H13F2N3O3. The van der Waals surface area contributed by atoms with Gasteiger partial charge in [-0.15, -0.1) is 0 Å². The first kappa shape index (κ1) is 13.9. The largest absolute Gasteiger partial charge is 0.338 e. The smallest absolute Gasteiger partial charge is 0.305 e. The van der Waals surface area contributed by atoms with Crippen molar-refractivity contribution in [2.45, 2.75) is 0 Å². The summed E-state index contributed by atoms with van der Waals surface area (Å²) in [6.07, 6.45) is 0. The van der Waals surface area contributed by atoms with E-state index in [2.05, 4.69) is 5.32 Å². The Hall–Kier alpha value is -2.09. The highest BCUT2D eigenvalue weighted by atomic mass is 19.1. The molecule has 2 fully saturated rings. The fraction of sp³-hybridized carbons (Fsp3) is 0.462. The van der Waals surface area contributed by atoms with Crippen LogP contribution in [-0.4, -0.2) is 41.9 Å². The maximum absolute atomic E-state index is 14.0. The van der Waals surface area contributed by atoms with Crippen LogP contribution in [0.5, 0.6) is 0 Å². The molecule has 1 amide bonds. The number of likely N-dealkylation sites (tertiary alicyclic amines) is 1. The molecule has 2 atom stereocenters. The quantitative estimate of drug-likeness (QED) is 0.656. The molecule has 2 saturated heterocycles. The summed E-state index contributed by atoms with van der Waals surface area (Å²) in [5.41, 5.74) is -1.72. The van der Waals surface area contributed by atoms with Gasteiger partial charge in [-0.25, -0.2) is 4.39 Å². The van der Waals surface area contributed by atoms with Crippen molar-refractivity contribution < 1.29 is 18.5 Å². The van der Waals surface area contributed by atoms with E-state index >= 15 is 0 Å². The molecule has 0 saturated carbocycles. The zero-order chi connectivity index (χ0) is 15.1. The van der Waals surface area contributed by atoms with Gasteiger partial charge in [0.25, 0.3) is 5.91 Å². The molecule has 112 valence electrons. The fourth-order valence-corrected chi connectivity index (χ4v) is 3.06. The van der Waals surface area contributed by atoms with Crippen molar-refractivity contribution in [3.63, 3.8) is 0 Å². The lowest BCUT2D eigenvalue weighted by molar-refractivity contribution is -0.387. The average molecular weight is 297 g/mol. The van der Waals surface area contributed by atoms with Crippen molar-refractivity contribution in [2.75, 3.05) is 26.2 Å². The molecule has 1 aromatic rings. The number of nitro groups is 1. The summed E-state index contributed by atoms with van der Waals surface area (Å²) in [6, 6.07) is 1.48. The van der Waals surface area contributed by atoms with E-state index < -0.39 is 33.7 Å². The topological polar surface area (TPSA) is 75.5 Å². The molecule has 2 aliphatic heterocycles. The van der Waals surface area contributed by atoms with Crippen LogP contribution in [0, 0.1) is 33.6 Å². The predicted molar refractivity (Wildman–Crippen MR) is 68.8 cm³/mol. The molecule has 0 spiro atoms. The fourth-order valence-electron chi connectivity index (χ4n) is 3.06. The van der Waals surface area contributed by atoms with E-state index in [1.807, 2.05) is 0 Å². The Morgan fingerprint density at radius 3 is 2.48 bits per heavy atom. The van der Waals surface area contributed by atoms with Crippen LogP contribution in [0.2, 0.25) is 0 Å². The summed E-state index contributed by atoms with van der Waals surface area (Å²) in [5.74, 6) is -2.74. The number of carbonyl (C=O) groups is 1. The van der Waals surface area contributed by atoms with Gasteiger partial charge in [0.1, 0.15) is 11.4 Å². The Kier molecular flexibility index (Phi) is 3.32. The second-order valence-electron chi connectivity index (χ2n) is 5.40. The molecule has 1 N–H and O–H groups in total. The van der Waals surface area contributed by atoms with Crippen molar-refractivity contribution in [1.29, 1.82) is 0 Å². The van der Waals surface area contributed by atoms with Gasteiger partial charge in [-0.05, 0) is 17.9 Å². The summed E-state index contributed by atoms with van der Waals surface area (Å²) in [6.45, 7) is 2.37. The number of amides is 1. The highest BCUT2D eigenvalue weighted by Gasteiger charge is 2.40. The number of rotatable bonds is 2. The molecule has 3 rings (SSSR count). The highest BCUT2D eigenvalue weighted by Crippen LogP contribution is 2.30. The lowest BCUT2D eigenvalue weighted by atomic mass is 10.0. The molecule has 2 unspecified atom stereocenters. The first-order chi connectivity index (χ1) is 9.99. The van der Waals surface area contributed by atoms with Gasteiger partial charge in [-0.2, -0.15) is 4.39 Å². The van der Waals surface area contributed by atoms with Gasteiger partial charge in [0, 0.05) is 32.2 Å². The van der Waals surface area contributed by atoms with Crippen LogP contribution in [0.1, 0.15) is 10.4 Å². The third-order valence-corrected chi connectivity index (χ3v) is 4.16. The Morgan fingerprint density at radius 1 is 1.29 bits per heavy atom. The lowest BCUT2D eigenvalue weighted by Crippen LogP contribution is -2.33. The van der Waals surface area contributed by atoms with Crippen LogP contribution < -0.4 is 5.32 Å². The van der Waals surface area contributed by atoms with E-state index in [0.717, 1.165) is 25.2 Å². The summed E-state index contributed by atoms with van der Waals surface area (Å²) in [7, 11) is 0. The predicted octanol–water partition coefficient (Wildman–Crippen LogP) is 1.16. The van der Waals surface area contributed by atoms with E-state index in [9.17, 15) is 23.7 Å². The Morgan fingerprint density at radius 2 is 1.90 bits per heavy atom.